The molecule has 0 bridgehead atoms. The van der Waals surface area contributed by atoms with E-state index in [-0.39, 0.29) is 0 Å². The molecule has 1 fully saturated rings. The van der Waals surface area contributed by atoms with E-state index in [0.717, 1.165) is 12.5 Å². The number of thiophene rings is 1. The van der Waals surface area contributed by atoms with E-state index >= 15 is 0 Å². The van der Waals surface area contributed by atoms with Crippen molar-refractivity contribution in [3.63, 3.8) is 0 Å². The number of nitrogens with one attached hydrogen (secondary N) is 1. The highest BCUT2D eigenvalue weighted by atomic mass is 32.1. The molecule has 1 N–H and O–H groups in total. The topological polar surface area (TPSA) is 15.3 Å². The van der Waals surface area contributed by atoms with Crippen molar-refractivity contribution in [2.45, 2.75) is 45.7 Å². The molecule has 0 radical (unpaired) electrons. The first-order chi connectivity index (χ1) is 8.75. The molecule has 1 aromatic rings. The van der Waals surface area contributed by atoms with Crippen molar-refractivity contribution >= 4 is 11.3 Å². The highest BCUT2D eigenvalue weighted by Gasteiger charge is 2.16. The predicted molar refractivity (Wildman–Crippen MR) is 80.1 cm³/mol. The van der Waals surface area contributed by atoms with Gasteiger partial charge in [0.05, 0.1) is 0 Å². The molecule has 1 aliphatic rings. The smallest absolute Gasteiger partial charge is 0.0330 e. The van der Waals surface area contributed by atoms with Gasteiger partial charge < -0.3 is 5.32 Å². The minimum absolute atomic E-state index is 0.647. The molecule has 102 valence electrons. The third-order valence-corrected chi connectivity index (χ3v) is 4.81. The van der Waals surface area contributed by atoms with Gasteiger partial charge in [-0.25, -0.2) is 0 Å². The Balaban J connectivity index is 1.78. The Labute approximate surface area is 115 Å². The molecule has 1 saturated heterocycles. The molecule has 18 heavy (non-hydrogen) atoms. The number of nitrogens with zero attached hydrogens (tertiary/aromatic N) is 1. The fraction of sp³-hybridized carbons (Fsp3) is 0.733. The molecule has 0 spiro atoms. The Kier molecular flexibility index (Phi) is 5.67. The number of hydrogen-bond acceptors (Lipinski definition) is 3. The van der Waals surface area contributed by atoms with E-state index in [1.807, 2.05) is 11.3 Å². The Morgan fingerprint density at radius 3 is 2.78 bits per heavy atom. The lowest BCUT2D eigenvalue weighted by molar-refractivity contribution is 0.189. The maximum absolute atomic E-state index is 3.45. The van der Waals surface area contributed by atoms with Crippen molar-refractivity contribution < 1.29 is 0 Å². The average Bonchev–Trinajstić information content (AvgIpc) is 2.88. The zero-order valence-corrected chi connectivity index (χ0v) is 12.5. The van der Waals surface area contributed by atoms with Crippen molar-refractivity contribution in [1.29, 1.82) is 0 Å². The van der Waals surface area contributed by atoms with Gasteiger partial charge in [0.15, 0.2) is 0 Å². The molecule has 2 nitrogen and oxygen atoms in total. The lowest BCUT2D eigenvalue weighted by Crippen LogP contribution is -2.34. The molecule has 2 rings (SSSR count). The monoisotopic (exact) mass is 266 g/mol. The van der Waals surface area contributed by atoms with Gasteiger partial charge in [0.2, 0.25) is 0 Å². The summed E-state index contributed by atoms with van der Waals surface area (Å²) in [6.07, 6.45) is 4.10. The van der Waals surface area contributed by atoms with Crippen molar-refractivity contribution in [1.82, 2.24) is 10.2 Å². The summed E-state index contributed by atoms with van der Waals surface area (Å²) in [6, 6.07) is 5.06. The maximum Gasteiger partial charge on any atom is 0.0330 e. The lowest BCUT2D eigenvalue weighted by atomic mass is 9.94. The highest BCUT2D eigenvalue weighted by Crippen LogP contribution is 2.19. The van der Waals surface area contributed by atoms with E-state index in [0.29, 0.717) is 6.04 Å². The molecule has 2 heterocycles. The molecular weight excluding hydrogens is 240 g/mol. The summed E-state index contributed by atoms with van der Waals surface area (Å²) in [7, 11) is 0. The second-order valence-electron chi connectivity index (χ2n) is 5.63. The molecule has 0 aromatic carbocycles. The van der Waals surface area contributed by atoms with E-state index in [1.54, 1.807) is 0 Å². The first kappa shape index (κ1) is 14.0. The molecule has 0 aliphatic carbocycles. The summed E-state index contributed by atoms with van der Waals surface area (Å²) in [5.41, 5.74) is 0. The summed E-state index contributed by atoms with van der Waals surface area (Å²) in [4.78, 5) is 4.11. The van der Waals surface area contributed by atoms with E-state index in [4.69, 9.17) is 0 Å². The summed E-state index contributed by atoms with van der Waals surface area (Å²) in [5, 5.41) is 5.63. The van der Waals surface area contributed by atoms with Gasteiger partial charge in [-0.3, -0.25) is 4.90 Å². The highest BCUT2D eigenvalue weighted by molar-refractivity contribution is 7.09. The third kappa shape index (κ3) is 4.38. The first-order valence-electron chi connectivity index (χ1n) is 7.23. The molecule has 0 amide bonds. The minimum atomic E-state index is 0.647. The van der Waals surface area contributed by atoms with Crippen LogP contribution in [0.3, 0.4) is 0 Å². The van der Waals surface area contributed by atoms with Gasteiger partial charge in [0, 0.05) is 17.5 Å². The standard InChI is InChI=1S/C15H26N2S/c1-13(2)17(12-15-4-3-11-18-15)10-7-14-5-8-16-9-6-14/h3-4,11,13-14,16H,5-10,12H2,1-2H3. The molecule has 0 atom stereocenters. The fourth-order valence-corrected chi connectivity index (χ4v) is 3.37. The van der Waals surface area contributed by atoms with Gasteiger partial charge in [0.1, 0.15) is 0 Å². The van der Waals surface area contributed by atoms with Gasteiger partial charge in [-0.1, -0.05) is 6.07 Å². The van der Waals surface area contributed by atoms with Crippen LogP contribution in [0.1, 0.15) is 38.0 Å². The number of rotatable bonds is 6. The van der Waals surface area contributed by atoms with Crippen molar-refractivity contribution in [2.24, 2.45) is 5.92 Å². The van der Waals surface area contributed by atoms with E-state index < -0.39 is 0 Å². The Hall–Kier alpha value is -0.380. The van der Waals surface area contributed by atoms with Gasteiger partial charge in [-0.2, -0.15) is 0 Å². The van der Waals surface area contributed by atoms with Crippen molar-refractivity contribution in [3.05, 3.63) is 22.4 Å². The van der Waals surface area contributed by atoms with Crippen LogP contribution in [0.5, 0.6) is 0 Å². The lowest BCUT2D eigenvalue weighted by Gasteiger charge is -2.29. The second-order valence-corrected chi connectivity index (χ2v) is 6.66. The van der Waals surface area contributed by atoms with Crippen LogP contribution in [0.4, 0.5) is 0 Å². The van der Waals surface area contributed by atoms with Crippen LogP contribution >= 0.6 is 11.3 Å². The SMILES string of the molecule is CC(C)N(CCC1CCNCC1)Cc1cccs1. The Morgan fingerprint density at radius 2 is 2.17 bits per heavy atom. The Morgan fingerprint density at radius 1 is 1.39 bits per heavy atom. The third-order valence-electron chi connectivity index (χ3n) is 3.95. The number of hydrogen-bond donors (Lipinski definition) is 1. The second kappa shape index (κ2) is 7.27. The van der Waals surface area contributed by atoms with Gasteiger partial charge in [-0.05, 0) is 70.1 Å². The zero-order valence-electron chi connectivity index (χ0n) is 11.7. The van der Waals surface area contributed by atoms with Crippen molar-refractivity contribution in [2.75, 3.05) is 19.6 Å². The van der Waals surface area contributed by atoms with E-state index in [1.165, 1.54) is 43.8 Å². The summed E-state index contributed by atoms with van der Waals surface area (Å²) < 4.78 is 0. The normalized spacial score (nSPS) is 17.8. The average molecular weight is 266 g/mol. The zero-order chi connectivity index (χ0) is 12.8. The summed E-state index contributed by atoms with van der Waals surface area (Å²) in [6.45, 7) is 9.45. The van der Waals surface area contributed by atoms with Gasteiger partial charge in [-0.15, -0.1) is 11.3 Å². The van der Waals surface area contributed by atoms with Crippen LogP contribution in [0.25, 0.3) is 0 Å². The quantitative estimate of drug-likeness (QED) is 0.849. The van der Waals surface area contributed by atoms with Gasteiger partial charge >= 0.3 is 0 Å². The molecule has 0 saturated carbocycles. The van der Waals surface area contributed by atoms with Crippen LogP contribution < -0.4 is 5.32 Å². The van der Waals surface area contributed by atoms with Crippen LogP contribution in [0.15, 0.2) is 17.5 Å². The molecular formula is C15H26N2S. The molecule has 3 heteroatoms. The van der Waals surface area contributed by atoms with Crippen LogP contribution in [0.2, 0.25) is 0 Å². The van der Waals surface area contributed by atoms with Gasteiger partial charge in [0.25, 0.3) is 0 Å². The number of piperidine rings is 1. The maximum atomic E-state index is 3.45. The Bertz CT molecular complexity index is 315. The first-order valence-corrected chi connectivity index (χ1v) is 8.11. The summed E-state index contributed by atoms with van der Waals surface area (Å²) in [5.74, 6) is 0.941. The minimum Gasteiger partial charge on any atom is -0.317 e. The summed E-state index contributed by atoms with van der Waals surface area (Å²) >= 11 is 1.88. The molecule has 1 aliphatic heterocycles. The van der Waals surface area contributed by atoms with Crippen LogP contribution in [0, 0.1) is 5.92 Å². The predicted octanol–water partition coefficient (Wildman–Crippen LogP) is 3.35. The molecule has 1 aromatic heterocycles. The largest absolute Gasteiger partial charge is 0.317 e. The van der Waals surface area contributed by atoms with Crippen LogP contribution in [-0.4, -0.2) is 30.6 Å². The molecule has 0 unspecified atom stereocenters. The fourth-order valence-electron chi connectivity index (χ4n) is 2.64. The van der Waals surface area contributed by atoms with E-state index in [9.17, 15) is 0 Å². The van der Waals surface area contributed by atoms with Crippen molar-refractivity contribution in [3.8, 4) is 0 Å². The van der Waals surface area contributed by atoms with Crippen LogP contribution in [-0.2, 0) is 6.54 Å². The van der Waals surface area contributed by atoms with E-state index in [2.05, 4.69) is 41.6 Å².